The van der Waals surface area contributed by atoms with E-state index in [1.54, 1.807) is 0 Å². The molecule has 0 N–H and O–H groups in total. The molecule has 0 aliphatic carbocycles. The van der Waals surface area contributed by atoms with Gasteiger partial charge in [0, 0.05) is 12.1 Å². The van der Waals surface area contributed by atoms with Crippen LogP contribution in [0.3, 0.4) is 0 Å². The Morgan fingerprint density at radius 3 is 2.19 bits per heavy atom. The molecule has 0 aliphatic rings. The number of alkyl halides is 2. The number of nitrogens with zero attached hydrogens (tertiary/aromatic N) is 1. The van der Waals surface area contributed by atoms with Crippen molar-refractivity contribution in [1.29, 1.82) is 0 Å². The van der Waals surface area contributed by atoms with Crippen molar-refractivity contribution in [1.82, 2.24) is 0 Å². The highest BCUT2D eigenvalue weighted by Crippen LogP contribution is 2.29. The highest BCUT2D eigenvalue weighted by atomic mass is 35.5. The van der Waals surface area contributed by atoms with Crippen LogP contribution in [0.4, 0.5) is 5.69 Å². The summed E-state index contributed by atoms with van der Waals surface area (Å²) in [5.41, 5.74) is 0.129. The van der Waals surface area contributed by atoms with Crippen molar-refractivity contribution in [3.63, 3.8) is 0 Å². The summed E-state index contributed by atoms with van der Waals surface area (Å²) in [6.45, 7) is 0. The molecule has 88 valence electrons. The average molecular weight is 284 g/mol. The number of halogens is 2. The number of benzene rings is 1. The molecule has 1 atom stereocenters. The fourth-order valence-corrected chi connectivity index (χ4v) is 2.60. The SMILES string of the molecule is O=[N+]([O-])c1ccc([C@@H](Cl)S(=O)(=O)CCl)cc1. The fourth-order valence-electron chi connectivity index (χ4n) is 1.01. The predicted octanol–water partition coefficient (Wildman–Crippen LogP) is 2.44. The minimum absolute atomic E-state index is 0.129. The van der Waals surface area contributed by atoms with E-state index in [0.717, 1.165) is 0 Å². The summed E-state index contributed by atoms with van der Waals surface area (Å²) in [6.07, 6.45) is 0. The van der Waals surface area contributed by atoms with E-state index in [2.05, 4.69) is 0 Å². The molecule has 1 aromatic rings. The lowest BCUT2D eigenvalue weighted by atomic mass is 10.2. The van der Waals surface area contributed by atoms with Gasteiger partial charge in [0.1, 0.15) is 5.21 Å². The van der Waals surface area contributed by atoms with E-state index in [1.807, 2.05) is 0 Å². The van der Waals surface area contributed by atoms with Crippen molar-refractivity contribution in [3.8, 4) is 0 Å². The van der Waals surface area contributed by atoms with Crippen molar-refractivity contribution in [2.45, 2.75) is 4.71 Å². The molecule has 0 fully saturated rings. The van der Waals surface area contributed by atoms with Crippen LogP contribution in [0.5, 0.6) is 0 Å². The number of hydrogen-bond donors (Lipinski definition) is 0. The third-order valence-corrected chi connectivity index (χ3v) is 5.02. The van der Waals surface area contributed by atoms with Gasteiger partial charge in [0.05, 0.1) is 4.92 Å². The summed E-state index contributed by atoms with van der Waals surface area (Å²) >= 11 is 10.9. The normalized spacial score (nSPS) is 13.4. The van der Waals surface area contributed by atoms with Gasteiger partial charge in [-0.1, -0.05) is 0 Å². The summed E-state index contributed by atoms with van der Waals surface area (Å²) in [5, 5.41) is 9.77. The Bertz CT molecular complexity index is 485. The van der Waals surface area contributed by atoms with Crippen LogP contribution in [0.25, 0.3) is 0 Å². The van der Waals surface area contributed by atoms with Crippen LogP contribution in [0.15, 0.2) is 24.3 Å². The molecule has 0 amide bonds. The maximum atomic E-state index is 11.3. The Balaban J connectivity index is 3.03. The molecular formula is C8H7Cl2NO4S. The quantitative estimate of drug-likeness (QED) is 0.483. The largest absolute Gasteiger partial charge is 0.269 e. The molecule has 0 saturated carbocycles. The van der Waals surface area contributed by atoms with E-state index in [0.29, 0.717) is 0 Å². The minimum Gasteiger partial charge on any atom is -0.258 e. The molecule has 0 spiro atoms. The van der Waals surface area contributed by atoms with Crippen molar-refractivity contribution < 1.29 is 13.3 Å². The van der Waals surface area contributed by atoms with Crippen LogP contribution in [0, 0.1) is 10.1 Å². The van der Waals surface area contributed by atoms with Gasteiger partial charge in [-0.05, 0) is 17.7 Å². The lowest BCUT2D eigenvalue weighted by Gasteiger charge is -2.08. The Kier molecular flexibility index (Phi) is 4.12. The number of sulfone groups is 1. The summed E-state index contributed by atoms with van der Waals surface area (Å²) in [5.74, 6) is 0. The maximum Gasteiger partial charge on any atom is 0.269 e. The van der Waals surface area contributed by atoms with Gasteiger partial charge >= 0.3 is 0 Å². The van der Waals surface area contributed by atoms with Gasteiger partial charge < -0.3 is 0 Å². The summed E-state index contributed by atoms with van der Waals surface area (Å²) in [7, 11) is -3.62. The molecule has 0 bridgehead atoms. The van der Waals surface area contributed by atoms with E-state index >= 15 is 0 Å². The fraction of sp³-hybridized carbons (Fsp3) is 0.250. The molecule has 0 unspecified atom stereocenters. The average Bonchev–Trinajstić information content (AvgIpc) is 2.28. The van der Waals surface area contributed by atoms with Crippen molar-refractivity contribution in [3.05, 3.63) is 39.9 Å². The van der Waals surface area contributed by atoms with Crippen molar-refractivity contribution >= 4 is 38.7 Å². The van der Waals surface area contributed by atoms with Crippen LogP contribution in [0.2, 0.25) is 0 Å². The molecule has 16 heavy (non-hydrogen) atoms. The number of rotatable bonds is 4. The highest BCUT2D eigenvalue weighted by molar-refractivity contribution is 7.93. The lowest BCUT2D eigenvalue weighted by Crippen LogP contribution is -2.09. The molecule has 0 aromatic heterocycles. The first-order chi connectivity index (χ1) is 7.38. The molecule has 8 heteroatoms. The second kappa shape index (κ2) is 4.99. The Labute approximate surface area is 102 Å². The summed E-state index contributed by atoms with van der Waals surface area (Å²) in [6, 6.07) is 4.96. The predicted molar refractivity (Wildman–Crippen MR) is 61.3 cm³/mol. The molecule has 0 radical (unpaired) electrons. The van der Waals surface area contributed by atoms with Gasteiger partial charge in [0.2, 0.25) is 0 Å². The van der Waals surface area contributed by atoms with E-state index in [4.69, 9.17) is 23.2 Å². The highest BCUT2D eigenvalue weighted by Gasteiger charge is 2.24. The standard InChI is InChI=1S/C8H7Cl2NO4S/c9-5-16(14,15)8(10)6-1-3-7(4-2-6)11(12)13/h1-4,8H,5H2/t8-/m0/s1. The third kappa shape index (κ3) is 2.84. The second-order valence-corrected chi connectivity index (χ2v) is 6.30. The number of non-ortho nitro benzene ring substituents is 1. The Morgan fingerprint density at radius 1 is 1.31 bits per heavy atom. The van der Waals surface area contributed by atoms with E-state index in [1.165, 1.54) is 24.3 Å². The van der Waals surface area contributed by atoms with Gasteiger partial charge in [-0.25, -0.2) is 8.42 Å². The van der Waals surface area contributed by atoms with Crippen LogP contribution >= 0.6 is 23.2 Å². The first kappa shape index (κ1) is 13.2. The number of nitro benzene ring substituents is 1. The molecule has 1 rings (SSSR count). The minimum atomic E-state index is -3.62. The van der Waals surface area contributed by atoms with E-state index in [-0.39, 0.29) is 11.3 Å². The zero-order valence-corrected chi connectivity index (χ0v) is 10.2. The molecule has 0 saturated heterocycles. The van der Waals surface area contributed by atoms with E-state index in [9.17, 15) is 18.5 Å². The molecule has 0 aliphatic heterocycles. The summed E-state index contributed by atoms with van der Waals surface area (Å²) < 4.78 is 21.4. The van der Waals surface area contributed by atoms with Gasteiger partial charge in [-0.3, -0.25) is 10.1 Å². The third-order valence-electron chi connectivity index (χ3n) is 1.83. The smallest absolute Gasteiger partial charge is 0.258 e. The first-order valence-electron chi connectivity index (χ1n) is 4.04. The molecular weight excluding hydrogens is 277 g/mol. The molecule has 0 heterocycles. The maximum absolute atomic E-state index is 11.3. The first-order valence-corrected chi connectivity index (χ1v) is 6.73. The van der Waals surface area contributed by atoms with Crippen LogP contribution < -0.4 is 0 Å². The zero-order chi connectivity index (χ0) is 12.3. The summed E-state index contributed by atoms with van der Waals surface area (Å²) in [4.78, 5) is 9.79. The topological polar surface area (TPSA) is 77.3 Å². The van der Waals surface area contributed by atoms with E-state index < -0.39 is 24.7 Å². The number of nitro groups is 1. The molecule has 5 nitrogen and oxygen atoms in total. The van der Waals surface area contributed by atoms with Gasteiger partial charge in [0.25, 0.3) is 5.69 Å². The van der Waals surface area contributed by atoms with Gasteiger partial charge in [-0.2, -0.15) is 0 Å². The number of hydrogen-bond acceptors (Lipinski definition) is 4. The monoisotopic (exact) mass is 283 g/mol. The van der Waals surface area contributed by atoms with Crippen molar-refractivity contribution in [2.75, 3.05) is 5.21 Å². The molecule has 1 aromatic carbocycles. The van der Waals surface area contributed by atoms with Crippen LogP contribution in [0.1, 0.15) is 10.3 Å². The zero-order valence-electron chi connectivity index (χ0n) is 7.84. The second-order valence-electron chi connectivity index (χ2n) is 2.94. The van der Waals surface area contributed by atoms with Crippen LogP contribution in [-0.4, -0.2) is 18.6 Å². The Morgan fingerprint density at radius 2 is 1.81 bits per heavy atom. The lowest BCUT2D eigenvalue weighted by molar-refractivity contribution is -0.384. The van der Waals surface area contributed by atoms with Gasteiger partial charge in [0.15, 0.2) is 14.5 Å². The Hall–Kier alpha value is -0.850. The van der Waals surface area contributed by atoms with Crippen molar-refractivity contribution in [2.24, 2.45) is 0 Å². The van der Waals surface area contributed by atoms with Gasteiger partial charge in [-0.15, -0.1) is 23.2 Å². The van der Waals surface area contributed by atoms with Crippen LogP contribution in [-0.2, 0) is 9.84 Å².